The standard InChI is InChI=1S/C12H11NO3S2/c1-8-6-18-12(16)13(8)5-10-4-9(7-17-10)2-3-11(14)15/h2-4,6-7H,5H2,1H3,(H,14,15). The van der Waals surface area contributed by atoms with Gasteiger partial charge in [0.05, 0.1) is 6.54 Å². The van der Waals surface area contributed by atoms with Crippen LogP contribution in [0.4, 0.5) is 0 Å². The fourth-order valence-corrected chi connectivity index (χ4v) is 3.06. The number of carboxylic acid groups (broad SMARTS) is 1. The van der Waals surface area contributed by atoms with Crippen LogP contribution in [0.1, 0.15) is 16.1 Å². The Morgan fingerprint density at radius 3 is 2.83 bits per heavy atom. The van der Waals surface area contributed by atoms with E-state index in [2.05, 4.69) is 0 Å². The van der Waals surface area contributed by atoms with Crippen LogP contribution in [0.5, 0.6) is 0 Å². The summed E-state index contributed by atoms with van der Waals surface area (Å²) >= 11 is 2.71. The fraction of sp³-hybridized carbons (Fsp3) is 0.167. The summed E-state index contributed by atoms with van der Waals surface area (Å²) in [6.45, 7) is 2.44. The SMILES string of the molecule is Cc1csc(=O)n1Cc1cc(C=CC(=O)O)cs1. The Labute approximate surface area is 111 Å². The van der Waals surface area contributed by atoms with E-state index in [0.717, 1.165) is 22.2 Å². The summed E-state index contributed by atoms with van der Waals surface area (Å²) in [6.07, 6.45) is 2.65. The van der Waals surface area contributed by atoms with Crippen molar-refractivity contribution in [1.82, 2.24) is 4.57 Å². The summed E-state index contributed by atoms with van der Waals surface area (Å²) < 4.78 is 1.71. The molecule has 0 unspecified atom stereocenters. The molecule has 2 aromatic rings. The fourth-order valence-electron chi connectivity index (χ4n) is 1.49. The van der Waals surface area contributed by atoms with Gasteiger partial charge in [-0.2, -0.15) is 0 Å². The molecular weight excluding hydrogens is 270 g/mol. The van der Waals surface area contributed by atoms with Crippen LogP contribution in [0.3, 0.4) is 0 Å². The van der Waals surface area contributed by atoms with Gasteiger partial charge in [0.2, 0.25) is 0 Å². The predicted octanol–water partition coefficient (Wildman–Crippen LogP) is 2.43. The van der Waals surface area contributed by atoms with Gasteiger partial charge in [0.1, 0.15) is 0 Å². The van der Waals surface area contributed by atoms with Gasteiger partial charge in [0.25, 0.3) is 0 Å². The topological polar surface area (TPSA) is 59.3 Å². The number of aromatic nitrogens is 1. The van der Waals surface area contributed by atoms with E-state index in [9.17, 15) is 9.59 Å². The quantitative estimate of drug-likeness (QED) is 0.876. The van der Waals surface area contributed by atoms with E-state index in [1.165, 1.54) is 22.7 Å². The third-order valence-electron chi connectivity index (χ3n) is 2.38. The van der Waals surface area contributed by atoms with Crippen LogP contribution in [-0.2, 0) is 11.3 Å². The minimum Gasteiger partial charge on any atom is -0.478 e. The van der Waals surface area contributed by atoms with Crippen molar-refractivity contribution >= 4 is 34.7 Å². The van der Waals surface area contributed by atoms with Crippen LogP contribution >= 0.6 is 22.7 Å². The molecule has 0 fully saturated rings. The first kappa shape index (κ1) is 12.8. The van der Waals surface area contributed by atoms with Crippen LogP contribution in [0.2, 0.25) is 0 Å². The Morgan fingerprint density at radius 2 is 2.22 bits per heavy atom. The van der Waals surface area contributed by atoms with Gasteiger partial charge in [-0.15, -0.1) is 11.3 Å². The zero-order valence-electron chi connectivity index (χ0n) is 9.62. The molecule has 18 heavy (non-hydrogen) atoms. The summed E-state index contributed by atoms with van der Waals surface area (Å²) in [5, 5.41) is 12.2. The second-order valence-electron chi connectivity index (χ2n) is 3.75. The van der Waals surface area contributed by atoms with Crippen molar-refractivity contribution in [2.45, 2.75) is 13.5 Å². The van der Waals surface area contributed by atoms with E-state index in [1.807, 2.05) is 23.8 Å². The molecule has 94 valence electrons. The number of hydrogen-bond acceptors (Lipinski definition) is 4. The average molecular weight is 281 g/mol. The minimum atomic E-state index is -0.965. The molecule has 0 amide bonds. The number of hydrogen-bond donors (Lipinski definition) is 1. The molecule has 0 atom stereocenters. The number of thiazole rings is 1. The number of carbonyl (C=O) groups is 1. The van der Waals surface area contributed by atoms with E-state index >= 15 is 0 Å². The van der Waals surface area contributed by atoms with Gasteiger partial charge < -0.3 is 5.11 Å². The van der Waals surface area contributed by atoms with E-state index in [-0.39, 0.29) is 4.87 Å². The van der Waals surface area contributed by atoms with Crippen molar-refractivity contribution < 1.29 is 9.90 Å². The molecule has 0 bridgehead atoms. The number of carboxylic acids is 1. The third kappa shape index (κ3) is 2.96. The molecule has 0 aromatic carbocycles. The van der Waals surface area contributed by atoms with E-state index in [0.29, 0.717) is 6.54 Å². The highest BCUT2D eigenvalue weighted by Gasteiger charge is 2.05. The predicted molar refractivity (Wildman–Crippen MR) is 73.4 cm³/mol. The summed E-state index contributed by atoms with van der Waals surface area (Å²) in [5.74, 6) is -0.965. The second-order valence-corrected chi connectivity index (χ2v) is 5.56. The lowest BCUT2D eigenvalue weighted by Crippen LogP contribution is -2.14. The second kappa shape index (κ2) is 5.32. The zero-order valence-corrected chi connectivity index (χ0v) is 11.3. The Bertz CT molecular complexity index is 648. The first-order valence-corrected chi connectivity index (χ1v) is 6.95. The molecule has 0 radical (unpaired) electrons. The van der Waals surface area contributed by atoms with Gasteiger partial charge in [-0.25, -0.2) is 4.79 Å². The monoisotopic (exact) mass is 281 g/mol. The highest BCUT2D eigenvalue weighted by molar-refractivity contribution is 7.10. The highest BCUT2D eigenvalue weighted by Crippen LogP contribution is 2.17. The first-order valence-electron chi connectivity index (χ1n) is 5.19. The normalized spacial score (nSPS) is 11.2. The average Bonchev–Trinajstić information content (AvgIpc) is 2.88. The molecule has 0 saturated carbocycles. The number of thiophene rings is 1. The number of rotatable bonds is 4. The van der Waals surface area contributed by atoms with E-state index < -0.39 is 5.97 Å². The van der Waals surface area contributed by atoms with Gasteiger partial charge in [-0.1, -0.05) is 11.3 Å². The zero-order chi connectivity index (χ0) is 13.1. The Kier molecular flexibility index (Phi) is 3.78. The van der Waals surface area contributed by atoms with Gasteiger partial charge in [0.15, 0.2) is 0 Å². The van der Waals surface area contributed by atoms with Crippen molar-refractivity contribution in [3.63, 3.8) is 0 Å². The van der Waals surface area contributed by atoms with E-state index in [1.54, 1.807) is 10.6 Å². The molecule has 0 spiro atoms. The Balaban J connectivity index is 2.17. The molecule has 0 aliphatic rings. The molecule has 2 aromatic heterocycles. The molecule has 6 heteroatoms. The molecule has 4 nitrogen and oxygen atoms in total. The summed E-state index contributed by atoms with van der Waals surface area (Å²) in [5.41, 5.74) is 1.79. The molecule has 2 rings (SSSR count). The largest absolute Gasteiger partial charge is 0.478 e. The molecular formula is C12H11NO3S2. The molecule has 0 saturated heterocycles. The van der Waals surface area contributed by atoms with Crippen LogP contribution in [0.15, 0.2) is 27.7 Å². The van der Waals surface area contributed by atoms with Gasteiger partial charge >= 0.3 is 10.8 Å². The van der Waals surface area contributed by atoms with Gasteiger partial charge in [0, 0.05) is 22.0 Å². The lowest BCUT2D eigenvalue weighted by Gasteiger charge is -2.00. The maximum absolute atomic E-state index is 11.6. The smallest absolute Gasteiger partial charge is 0.328 e. The minimum absolute atomic E-state index is 0.0310. The van der Waals surface area contributed by atoms with Crippen LogP contribution in [0, 0.1) is 6.92 Å². The number of aryl methyl sites for hydroxylation is 1. The summed E-state index contributed by atoms with van der Waals surface area (Å²) in [6, 6.07) is 1.90. The maximum atomic E-state index is 11.6. The molecule has 2 heterocycles. The molecule has 1 N–H and O–H groups in total. The van der Waals surface area contributed by atoms with Crippen molar-refractivity contribution in [1.29, 1.82) is 0 Å². The maximum Gasteiger partial charge on any atom is 0.328 e. The van der Waals surface area contributed by atoms with Crippen LogP contribution < -0.4 is 4.87 Å². The summed E-state index contributed by atoms with van der Waals surface area (Å²) in [4.78, 5) is 23.0. The summed E-state index contributed by atoms with van der Waals surface area (Å²) in [7, 11) is 0. The van der Waals surface area contributed by atoms with Gasteiger partial charge in [-0.3, -0.25) is 9.36 Å². The first-order chi connectivity index (χ1) is 8.56. The van der Waals surface area contributed by atoms with Crippen molar-refractivity contribution in [2.24, 2.45) is 0 Å². The molecule has 0 aliphatic carbocycles. The van der Waals surface area contributed by atoms with Crippen molar-refractivity contribution in [3.05, 3.63) is 48.7 Å². The van der Waals surface area contributed by atoms with Crippen LogP contribution in [-0.4, -0.2) is 15.6 Å². The van der Waals surface area contributed by atoms with Crippen molar-refractivity contribution in [3.8, 4) is 0 Å². The highest BCUT2D eigenvalue weighted by atomic mass is 32.1. The molecule has 0 aliphatic heterocycles. The number of nitrogens with zero attached hydrogens (tertiary/aromatic N) is 1. The van der Waals surface area contributed by atoms with Crippen molar-refractivity contribution in [2.75, 3.05) is 0 Å². The Hall–Kier alpha value is -1.66. The third-order valence-corrected chi connectivity index (χ3v) is 4.20. The number of aliphatic carboxylic acids is 1. The Morgan fingerprint density at radius 1 is 1.44 bits per heavy atom. The van der Waals surface area contributed by atoms with E-state index in [4.69, 9.17) is 5.11 Å². The lowest BCUT2D eigenvalue weighted by atomic mass is 10.3. The van der Waals surface area contributed by atoms with Crippen LogP contribution in [0.25, 0.3) is 6.08 Å². The lowest BCUT2D eigenvalue weighted by molar-refractivity contribution is -0.131. The van der Waals surface area contributed by atoms with Gasteiger partial charge in [-0.05, 0) is 30.0 Å².